The lowest BCUT2D eigenvalue weighted by molar-refractivity contribution is -0.126. The quantitative estimate of drug-likeness (QED) is 0.469. The number of nitrogens with one attached hydrogen (secondary N) is 1. The zero-order chi connectivity index (χ0) is 26.9. The highest BCUT2D eigenvalue weighted by molar-refractivity contribution is 8.14. The van der Waals surface area contributed by atoms with Crippen LogP contribution in [0, 0.1) is 23.0 Å². The average molecular weight is 548 g/mol. The van der Waals surface area contributed by atoms with Crippen molar-refractivity contribution in [1.29, 1.82) is 0 Å². The first-order chi connectivity index (χ1) is 17.2. The van der Waals surface area contributed by atoms with Gasteiger partial charge in [0.25, 0.3) is 0 Å². The van der Waals surface area contributed by atoms with Crippen LogP contribution in [0.5, 0.6) is 0 Å². The molecule has 8 heteroatoms. The predicted octanol–water partition coefficient (Wildman–Crippen LogP) is 6.17. The maximum atomic E-state index is 15.5. The first-order valence-electron chi connectivity index (χ1n) is 12.7. The van der Waals surface area contributed by atoms with Gasteiger partial charge in [-0.05, 0) is 66.8 Å². The van der Waals surface area contributed by atoms with Crippen molar-refractivity contribution in [1.82, 2.24) is 5.32 Å². The van der Waals surface area contributed by atoms with Crippen LogP contribution in [0.3, 0.4) is 0 Å². The highest BCUT2D eigenvalue weighted by Gasteiger charge is 2.66. The summed E-state index contributed by atoms with van der Waals surface area (Å²) in [5.41, 5.74) is -1.56. The Kier molecular flexibility index (Phi) is 6.62. The highest BCUT2D eigenvalue weighted by Crippen LogP contribution is 2.60. The molecule has 2 N–H and O–H groups in total. The van der Waals surface area contributed by atoms with E-state index in [0.717, 1.165) is 17.8 Å². The van der Waals surface area contributed by atoms with Gasteiger partial charge in [0.15, 0.2) is 17.4 Å². The van der Waals surface area contributed by atoms with E-state index in [1.54, 1.807) is 25.1 Å². The van der Waals surface area contributed by atoms with Crippen molar-refractivity contribution in [3.05, 3.63) is 64.2 Å². The van der Waals surface area contributed by atoms with Gasteiger partial charge in [-0.1, -0.05) is 62.3 Å². The molecule has 0 bridgehead atoms. The minimum atomic E-state index is -1.28. The smallest absolute Gasteiger partial charge is 0.206 e. The molecule has 0 radical (unpaired) electrons. The third-order valence-corrected chi connectivity index (χ3v) is 9.43. The van der Waals surface area contributed by atoms with Gasteiger partial charge in [-0.15, -0.1) is 0 Å². The number of hydrogen-bond acceptors (Lipinski definition) is 5. The standard InChI is InChI=1S/C29H32ClF2NO3S/c1-27(2,3)14-22-29(18-9-8-16(30)11-21(18)37-26(29)35)23(17-6-5-7-19(31)24(17)32)25(33-22)20(34)10-15-12-28(4,36)13-15/h5-9,11,15,22-23,25,33,36H,10,12-14H2,1-4H3/t15?,22-,23+,25+,28?,29+/m1/s1. The van der Waals surface area contributed by atoms with Crippen molar-refractivity contribution >= 4 is 34.3 Å². The molecule has 0 amide bonds. The van der Waals surface area contributed by atoms with Gasteiger partial charge in [0, 0.05) is 28.3 Å². The van der Waals surface area contributed by atoms with Crippen molar-refractivity contribution < 1.29 is 23.5 Å². The average Bonchev–Trinajstić information content (AvgIpc) is 3.23. The third-order valence-electron chi connectivity index (χ3n) is 8.11. The fraction of sp³-hybridized carbons (Fsp3) is 0.517. The van der Waals surface area contributed by atoms with Gasteiger partial charge in [-0.25, -0.2) is 8.78 Å². The summed E-state index contributed by atoms with van der Waals surface area (Å²) in [5, 5.41) is 13.9. The predicted molar refractivity (Wildman–Crippen MR) is 141 cm³/mol. The molecule has 2 fully saturated rings. The molecule has 37 heavy (non-hydrogen) atoms. The molecule has 1 saturated carbocycles. The number of carbonyl (C=O) groups is 2. The Morgan fingerprint density at radius 2 is 1.92 bits per heavy atom. The topological polar surface area (TPSA) is 66.4 Å². The lowest BCUT2D eigenvalue weighted by Gasteiger charge is -2.41. The number of Topliss-reactive ketones (excluding diaryl/α,β-unsaturated/α-hetero) is 1. The number of fused-ring (bicyclic) bond motifs is 2. The van der Waals surface area contributed by atoms with Gasteiger partial charge in [-0.2, -0.15) is 0 Å². The second-order valence-corrected chi connectivity index (χ2v) is 13.9. The number of carbonyl (C=O) groups excluding carboxylic acids is 2. The SMILES string of the molecule is CC(C)(C)C[C@H]1N[C@@H](C(=O)CC2CC(C)(O)C2)[C@H](c2cccc(F)c2F)[C@@]12C(=O)Sc1cc(Cl)ccc12. The fourth-order valence-electron chi connectivity index (χ4n) is 6.80. The molecule has 0 aromatic heterocycles. The van der Waals surface area contributed by atoms with Gasteiger partial charge in [0.1, 0.15) is 0 Å². The lowest BCUT2D eigenvalue weighted by atomic mass is 9.62. The molecule has 3 aliphatic rings. The van der Waals surface area contributed by atoms with Crippen LogP contribution in [-0.4, -0.2) is 33.7 Å². The molecular formula is C29H32ClF2NO3S. The Morgan fingerprint density at radius 3 is 2.57 bits per heavy atom. The number of aliphatic hydroxyl groups is 1. The summed E-state index contributed by atoms with van der Waals surface area (Å²) in [6, 6.07) is 7.83. The zero-order valence-electron chi connectivity index (χ0n) is 21.4. The molecule has 2 aromatic rings. The molecule has 1 spiro atoms. The van der Waals surface area contributed by atoms with E-state index >= 15 is 4.39 Å². The number of halogens is 3. The van der Waals surface area contributed by atoms with Crippen LogP contribution in [-0.2, 0) is 15.0 Å². The molecule has 0 unspecified atom stereocenters. The Balaban J connectivity index is 1.69. The molecule has 4 nitrogen and oxygen atoms in total. The lowest BCUT2D eigenvalue weighted by Crippen LogP contribution is -2.48. The highest BCUT2D eigenvalue weighted by atomic mass is 35.5. The monoisotopic (exact) mass is 547 g/mol. The number of hydrogen-bond donors (Lipinski definition) is 2. The van der Waals surface area contributed by atoms with Crippen molar-refractivity contribution in [2.75, 3.05) is 0 Å². The minimum Gasteiger partial charge on any atom is -0.390 e. The van der Waals surface area contributed by atoms with E-state index in [-0.39, 0.29) is 34.2 Å². The minimum absolute atomic E-state index is 0.0136. The van der Waals surface area contributed by atoms with Gasteiger partial charge >= 0.3 is 0 Å². The first kappa shape index (κ1) is 26.8. The van der Waals surface area contributed by atoms with E-state index in [1.165, 1.54) is 12.1 Å². The maximum Gasteiger partial charge on any atom is 0.206 e. The van der Waals surface area contributed by atoms with Crippen molar-refractivity contribution in [3.63, 3.8) is 0 Å². The van der Waals surface area contributed by atoms with Crippen molar-refractivity contribution in [2.24, 2.45) is 11.3 Å². The molecule has 2 heterocycles. The Bertz CT molecular complexity index is 1270. The van der Waals surface area contributed by atoms with Crippen LogP contribution in [0.1, 0.15) is 70.4 Å². The van der Waals surface area contributed by atoms with Gasteiger partial charge in [0.2, 0.25) is 5.12 Å². The molecule has 2 aromatic carbocycles. The van der Waals surface area contributed by atoms with Gasteiger partial charge in [0.05, 0.1) is 17.1 Å². The number of ketones is 1. The van der Waals surface area contributed by atoms with Crippen molar-refractivity contribution in [3.8, 4) is 0 Å². The largest absolute Gasteiger partial charge is 0.390 e. The molecule has 5 rings (SSSR count). The van der Waals surface area contributed by atoms with Gasteiger partial charge < -0.3 is 10.4 Å². The van der Waals surface area contributed by atoms with E-state index in [9.17, 15) is 19.1 Å². The Hall–Kier alpha value is -1.80. The summed E-state index contributed by atoms with van der Waals surface area (Å²) in [7, 11) is 0. The summed E-state index contributed by atoms with van der Waals surface area (Å²) in [6.45, 7) is 7.92. The summed E-state index contributed by atoms with van der Waals surface area (Å²) < 4.78 is 30.1. The first-order valence-corrected chi connectivity index (χ1v) is 13.9. The van der Waals surface area contributed by atoms with Crippen LogP contribution in [0.25, 0.3) is 0 Å². The molecule has 198 valence electrons. The van der Waals surface area contributed by atoms with Crippen LogP contribution in [0.2, 0.25) is 5.02 Å². The van der Waals surface area contributed by atoms with Crippen molar-refractivity contribution in [2.45, 2.75) is 87.3 Å². The maximum absolute atomic E-state index is 15.5. The molecule has 2 aliphatic heterocycles. The van der Waals surface area contributed by atoms with E-state index < -0.39 is 40.7 Å². The van der Waals surface area contributed by atoms with E-state index in [0.29, 0.717) is 34.7 Å². The second kappa shape index (κ2) is 9.15. The number of rotatable bonds is 5. The second-order valence-electron chi connectivity index (χ2n) is 12.4. The zero-order valence-corrected chi connectivity index (χ0v) is 23.0. The van der Waals surface area contributed by atoms with Crippen LogP contribution in [0.4, 0.5) is 8.78 Å². The van der Waals surface area contributed by atoms with Crippen LogP contribution in [0.15, 0.2) is 41.3 Å². The summed E-state index contributed by atoms with van der Waals surface area (Å²) in [4.78, 5) is 28.7. The molecule has 4 atom stereocenters. The van der Waals surface area contributed by atoms with Crippen LogP contribution < -0.4 is 5.32 Å². The summed E-state index contributed by atoms with van der Waals surface area (Å²) in [6.07, 6.45) is 1.76. The van der Waals surface area contributed by atoms with E-state index in [1.807, 2.05) is 0 Å². The van der Waals surface area contributed by atoms with Gasteiger partial charge in [-0.3, -0.25) is 9.59 Å². The number of benzene rings is 2. The summed E-state index contributed by atoms with van der Waals surface area (Å²) in [5.74, 6) is -3.12. The molecule has 1 aliphatic carbocycles. The third kappa shape index (κ3) is 4.56. The molecule has 1 saturated heterocycles. The summed E-state index contributed by atoms with van der Waals surface area (Å²) >= 11 is 7.32. The fourth-order valence-corrected chi connectivity index (χ4v) is 8.32. The Labute approximate surface area is 225 Å². The molecular weight excluding hydrogens is 516 g/mol. The Morgan fingerprint density at radius 1 is 1.22 bits per heavy atom. The number of thioether (sulfide) groups is 1. The van der Waals surface area contributed by atoms with E-state index in [2.05, 4.69) is 26.1 Å². The van der Waals surface area contributed by atoms with E-state index in [4.69, 9.17) is 11.6 Å². The van der Waals surface area contributed by atoms with Crippen LogP contribution >= 0.6 is 23.4 Å². The normalized spacial score (nSPS) is 33.0.